The average molecular weight is 408 g/mol. The van der Waals surface area contributed by atoms with Crippen LogP contribution in [-0.2, 0) is 4.74 Å². The number of ether oxygens (including phenoxy) is 2. The van der Waals surface area contributed by atoms with Crippen molar-refractivity contribution in [1.82, 2.24) is 19.9 Å². The van der Waals surface area contributed by atoms with Crippen LogP contribution >= 0.6 is 0 Å². The van der Waals surface area contributed by atoms with Gasteiger partial charge in [0.2, 0.25) is 0 Å². The molecule has 4 heterocycles. The average Bonchev–Trinajstić information content (AvgIpc) is 3.44. The van der Waals surface area contributed by atoms with Crippen molar-refractivity contribution in [3.05, 3.63) is 48.2 Å². The lowest BCUT2D eigenvalue weighted by Gasteiger charge is -2.28. The van der Waals surface area contributed by atoms with Crippen LogP contribution in [0.5, 0.6) is 5.75 Å². The van der Waals surface area contributed by atoms with Gasteiger partial charge >= 0.3 is 0 Å². The largest absolute Gasteiger partial charge is 0.496 e. The van der Waals surface area contributed by atoms with E-state index in [2.05, 4.69) is 32.0 Å². The molecule has 156 valence electrons. The number of methoxy groups -OCH3 is 1. The first-order valence-electron chi connectivity index (χ1n) is 10.4. The van der Waals surface area contributed by atoms with Gasteiger partial charge < -0.3 is 14.5 Å². The van der Waals surface area contributed by atoms with Crippen molar-refractivity contribution in [2.45, 2.75) is 25.4 Å². The normalized spacial score (nSPS) is 19.9. The molecule has 0 saturated carbocycles. The minimum atomic E-state index is -0.324. The summed E-state index contributed by atoms with van der Waals surface area (Å²) in [5.74, 6) is 0.260. The van der Waals surface area contributed by atoms with Crippen LogP contribution in [0.4, 0.5) is 4.39 Å². The molecule has 7 heteroatoms. The Morgan fingerprint density at radius 3 is 3.00 bits per heavy atom. The van der Waals surface area contributed by atoms with Gasteiger partial charge in [-0.2, -0.15) is 0 Å². The van der Waals surface area contributed by atoms with Crippen LogP contribution in [0.3, 0.4) is 0 Å². The number of nitrogens with zero attached hydrogens (tertiary/aromatic N) is 3. The van der Waals surface area contributed by atoms with Crippen molar-refractivity contribution in [3.8, 4) is 17.0 Å². The van der Waals surface area contributed by atoms with Gasteiger partial charge in [0.15, 0.2) is 0 Å². The van der Waals surface area contributed by atoms with Gasteiger partial charge in [0.1, 0.15) is 23.5 Å². The Morgan fingerprint density at radius 2 is 2.23 bits per heavy atom. The predicted molar refractivity (Wildman–Crippen MR) is 114 cm³/mol. The molecular formula is C23H25FN4O2. The summed E-state index contributed by atoms with van der Waals surface area (Å²) in [5, 5.41) is 0.860. The highest BCUT2D eigenvalue weighted by molar-refractivity contribution is 5.94. The van der Waals surface area contributed by atoms with Gasteiger partial charge in [-0.1, -0.05) is 6.08 Å². The zero-order chi connectivity index (χ0) is 20.5. The van der Waals surface area contributed by atoms with E-state index in [1.54, 1.807) is 13.2 Å². The second-order valence-electron chi connectivity index (χ2n) is 7.89. The van der Waals surface area contributed by atoms with E-state index < -0.39 is 0 Å². The first-order chi connectivity index (χ1) is 14.7. The minimum Gasteiger partial charge on any atom is -0.496 e. The third-order valence-corrected chi connectivity index (χ3v) is 5.97. The first kappa shape index (κ1) is 19.2. The number of hydrogen-bond acceptors (Lipinski definition) is 5. The lowest BCUT2D eigenvalue weighted by Crippen LogP contribution is -2.35. The molecule has 1 fully saturated rings. The second kappa shape index (κ2) is 8.16. The van der Waals surface area contributed by atoms with E-state index in [0.717, 1.165) is 49.4 Å². The fourth-order valence-electron chi connectivity index (χ4n) is 4.39. The van der Waals surface area contributed by atoms with E-state index in [1.807, 2.05) is 0 Å². The number of H-pyrrole nitrogens is 1. The summed E-state index contributed by atoms with van der Waals surface area (Å²) in [6.07, 6.45) is 7.46. The Hall–Kier alpha value is -2.77. The molecular weight excluding hydrogens is 383 g/mol. The van der Waals surface area contributed by atoms with Crippen LogP contribution in [0.1, 0.15) is 25.0 Å². The first-order valence-corrected chi connectivity index (χ1v) is 10.4. The zero-order valence-corrected chi connectivity index (χ0v) is 17.0. The number of aromatic nitrogens is 3. The molecule has 6 nitrogen and oxygen atoms in total. The predicted octanol–water partition coefficient (Wildman–Crippen LogP) is 4.04. The number of nitrogens with one attached hydrogen (secondary N) is 1. The fourth-order valence-corrected chi connectivity index (χ4v) is 4.39. The molecule has 1 saturated heterocycles. The Morgan fingerprint density at radius 1 is 1.30 bits per heavy atom. The van der Waals surface area contributed by atoms with E-state index in [-0.39, 0.29) is 5.82 Å². The summed E-state index contributed by atoms with van der Waals surface area (Å²) >= 11 is 0. The van der Waals surface area contributed by atoms with Crippen molar-refractivity contribution in [3.63, 3.8) is 0 Å². The molecule has 1 atom stereocenters. The quantitative estimate of drug-likeness (QED) is 0.690. The summed E-state index contributed by atoms with van der Waals surface area (Å²) in [4.78, 5) is 14.7. The Kier molecular flexibility index (Phi) is 5.23. The fraction of sp³-hybridized carbons (Fsp3) is 0.391. The van der Waals surface area contributed by atoms with E-state index in [0.29, 0.717) is 23.1 Å². The van der Waals surface area contributed by atoms with Gasteiger partial charge in [0.05, 0.1) is 18.9 Å². The molecule has 0 spiro atoms. The number of benzene rings is 1. The molecule has 1 N–H and O–H groups in total. The Labute approximate surface area is 174 Å². The second-order valence-corrected chi connectivity index (χ2v) is 7.89. The Bertz CT molecular complexity index is 1090. The Balaban J connectivity index is 1.43. The molecule has 0 amide bonds. The monoisotopic (exact) mass is 408 g/mol. The van der Waals surface area contributed by atoms with E-state index in [9.17, 15) is 4.39 Å². The summed E-state index contributed by atoms with van der Waals surface area (Å²) in [7, 11) is 1.58. The van der Waals surface area contributed by atoms with E-state index >= 15 is 0 Å². The summed E-state index contributed by atoms with van der Waals surface area (Å²) < 4.78 is 25.1. The number of rotatable bonds is 5. The third kappa shape index (κ3) is 3.70. The van der Waals surface area contributed by atoms with Crippen LogP contribution in [0.2, 0.25) is 0 Å². The minimum absolute atomic E-state index is 0.324. The zero-order valence-electron chi connectivity index (χ0n) is 17.0. The highest BCUT2D eigenvalue weighted by Crippen LogP contribution is 2.35. The molecule has 1 unspecified atom stereocenters. The van der Waals surface area contributed by atoms with Crippen molar-refractivity contribution in [2.24, 2.45) is 0 Å². The molecule has 0 radical (unpaired) electrons. The maximum atomic E-state index is 13.9. The molecule has 2 aliphatic rings. The smallest absolute Gasteiger partial charge is 0.141 e. The molecule has 2 aromatic heterocycles. The van der Waals surface area contributed by atoms with Crippen LogP contribution in [0.25, 0.3) is 27.9 Å². The highest BCUT2D eigenvalue weighted by atomic mass is 19.1. The number of fused-ring (bicyclic) bond motifs is 1. The SMILES string of the molecule is COc1ccc(F)cc1-c1ncnc2[nH]c(C3=CCN(CC4CCCO4)CC3)cc12. The van der Waals surface area contributed by atoms with Crippen LogP contribution in [-0.4, -0.2) is 59.3 Å². The third-order valence-electron chi connectivity index (χ3n) is 5.97. The maximum Gasteiger partial charge on any atom is 0.141 e. The van der Waals surface area contributed by atoms with Crippen molar-refractivity contribution in [1.29, 1.82) is 0 Å². The lowest BCUT2D eigenvalue weighted by atomic mass is 10.0. The van der Waals surface area contributed by atoms with Gasteiger partial charge in [-0.3, -0.25) is 4.90 Å². The van der Waals surface area contributed by atoms with Crippen LogP contribution in [0.15, 0.2) is 36.7 Å². The van der Waals surface area contributed by atoms with Crippen molar-refractivity contribution >= 4 is 16.6 Å². The number of halogens is 1. The maximum absolute atomic E-state index is 13.9. The summed E-state index contributed by atoms with van der Waals surface area (Å²) in [6, 6.07) is 6.53. The lowest BCUT2D eigenvalue weighted by molar-refractivity contribution is 0.0766. The van der Waals surface area contributed by atoms with Crippen molar-refractivity contribution in [2.75, 3.05) is 33.4 Å². The van der Waals surface area contributed by atoms with E-state index in [4.69, 9.17) is 9.47 Å². The molecule has 5 rings (SSSR count). The van der Waals surface area contributed by atoms with Gasteiger partial charge in [-0.05, 0) is 49.1 Å². The number of aromatic amines is 1. The van der Waals surface area contributed by atoms with Gasteiger partial charge in [0.25, 0.3) is 0 Å². The summed E-state index contributed by atoms with van der Waals surface area (Å²) in [6.45, 7) is 3.83. The molecule has 1 aromatic carbocycles. The van der Waals surface area contributed by atoms with Crippen LogP contribution in [0, 0.1) is 5.82 Å². The van der Waals surface area contributed by atoms with Crippen molar-refractivity contribution < 1.29 is 13.9 Å². The molecule has 3 aromatic rings. The molecule has 30 heavy (non-hydrogen) atoms. The van der Waals surface area contributed by atoms with Gasteiger partial charge in [0, 0.05) is 42.9 Å². The highest BCUT2D eigenvalue weighted by Gasteiger charge is 2.22. The standard InChI is InChI=1S/C23H25FN4O2/c1-29-21-5-4-16(24)11-18(21)22-19-12-20(27-23(19)26-14-25-22)15-6-8-28(9-7-15)13-17-3-2-10-30-17/h4-6,11-12,14,17H,2-3,7-10,13H2,1H3,(H,25,26,27). The topological polar surface area (TPSA) is 63.3 Å². The molecule has 0 aliphatic carbocycles. The van der Waals surface area contributed by atoms with Gasteiger partial charge in [-0.25, -0.2) is 14.4 Å². The number of hydrogen-bond donors (Lipinski definition) is 1. The van der Waals surface area contributed by atoms with E-state index in [1.165, 1.54) is 36.9 Å². The molecule has 2 aliphatic heterocycles. The molecule has 0 bridgehead atoms. The summed E-state index contributed by atoms with van der Waals surface area (Å²) in [5.41, 5.74) is 4.34. The van der Waals surface area contributed by atoms with Gasteiger partial charge in [-0.15, -0.1) is 0 Å². The van der Waals surface area contributed by atoms with Crippen LogP contribution < -0.4 is 4.74 Å².